The lowest BCUT2D eigenvalue weighted by Crippen LogP contribution is -1.93. The number of aromatic nitrogens is 1. The fourth-order valence-corrected chi connectivity index (χ4v) is 2.83. The molecule has 2 heteroatoms. The number of furan rings is 1. The van der Waals surface area contributed by atoms with Gasteiger partial charge in [-0.05, 0) is 24.6 Å². The van der Waals surface area contributed by atoms with Gasteiger partial charge in [-0.1, -0.05) is 55.1 Å². The van der Waals surface area contributed by atoms with Crippen molar-refractivity contribution in [3.63, 3.8) is 0 Å². The molecule has 2 aromatic carbocycles. The van der Waals surface area contributed by atoms with E-state index in [1.165, 1.54) is 0 Å². The Morgan fingerprint density at radius 3 is 2.50 bits per heavy atom. The van der Waals surface area contributed by atoms with E-state index in [1.54, 1.807) is 0 Å². The number of rotatable bonds is 2. The van der Waals surface area contributed by atoms with Crippen LogP contribution < -0.4 is 0 Å². The van der Waals surface area contributed by atoms with Crippen molar-refractivity contribution in [1.82, 2.24) is 4.98 Å². The summed E-state index contributed by atoms with van der Waals surface area (Å²) in [7, 11) is 0. The summed E-state index contributed by atoms with van der Waals surface area (Å²) < 4.78 is 6.06. The molecule has 0 spiro atoms. The van der Waals surface area contributed by atoms with Crippen LogP contribution in [-0.2, 0) is 0 Å². The van der Waals surface area contributed by atoms with Gasteiger partial charge in [0.2, 0.25) is 0 Å². The van der Waals surface area contributed by atoms with Crippen LogP contribution in [0.5, 0.6) is 0 Å². The second-order valence-electron chi connectivity index (χ2n) is 5.43. The van der Waals surface area contributed by atoms with E-state index in [0.29, 0.717) is 0 Å². The molecule has 2 heterocycles. The van der Waals surface area contributed by atoms with Crippen LogP contribution in [0.2, 0.25) is 0 Å². The first-order chi connectivity index (χ1) is 10.7. The van der Waals surface area contributed by atoms with Crippen LogP contribution in [0.15, 0.2) is 71.7 Å². The van der Waals surface area contributed by atoms with Crippen LogP contribution in [0.25, 0.3) is 27.5 Å². The molecule has 0 saturated carbocycles. The Bertz CT molecular complexity index is 996. The lowest BCUT2D eigenvalue weighted by Gasteiger charge is -2.07. The van der Waals surface area contributed by atoms with Gasteiger partial charge in [0, 0.05) is 22.0 Å². The molecular formula is C20H15NO. The van der Waals surface area contributed by atoms with Crippen LogP contribution in [0, 0.1) is 6.92 Å². The van der Waals surface area contributed by atoms with Gasteiger partial charge >= 0.3 is 0 Å². The number of hydrogen-bond donors (Lipinski definition) is 0. The summed E-state index contributed by atoms with van der Waals surface area (Å²) in [5.41, 5.74) is 5.41. The van der Waals surface area contributed by atoms with Gasteiger partial charge < -0.3 is 4.42 Å². The standard InChI is InChI=1S/C20H15NO/c1-13-12-17-16-10-6-7-11-18(16)22-20(17)19(21-13)14(2)15-8-4-3-5-9-15/h3-12H,2H2,1H3. The minimum Gasteiger partial charge on any atom is -0.454 e. The molecule has 0 bridgehead atoms. The summed E-state index contributed by atoms with van der Waals surface area (Å²) in [5, 5.41) is 2.21. The average molecular weight is 285 g/mol. The van der Waals surface area contributed by atoms with Crippen molar-refractivity contribution in [1.29, 1.82) is 0 Å². The number of aryl methyl sites for hydroxylation is 1. The van der Waals surface area contributed by atoms with E-state index < -0.39 is 0 Å². The monoisotopic (exact) mass is 285 g/mol. The Morgan fingerprint density at radius 2 is 1.68 bits per heavy atom. The van der Waals surface area contributed by atoms with E-state index in [0.717, 1.165) is 44.5 Å². The third-order valence-electron chi connectivity index (χ3n) is 3.90. The molecule has 2 aromatic heterocycles. The van der Waals surface area contributed by atoms with E-state index in [2.05, 4.69) is 23.7 Å². The Balaban J connectivity index is 2.03. The third kappa shape index (κ3) is 1.92. The molecule has 0 atom stereocenters. The summed E-state index contributed by atoms with van der Waals surface area (Å²) in [5.74, 6) is 0. The lowest BCUT2D eigenvalue weighted by molar-refractivity contribution is 0.665. The SMILES string of the molecule is C=C(c1ccccc1)c1nc(C)cc2c1oc1ccccc12. The van der Waals surface area contributed by atoms with Gasteiger partial charge in [0.1, 0.15) is 11.3 Å². The van der Waals surface area contributed by atoms with Crippen LogP contribution in [0.1, 0.15) is 17.0 Å². The van der Waals surface area contributed by atoms with Crippen molar-refractivity contribution in [3.8, 4) is 0 Å². The fraction of sp³-hybridized carbons (Fsp3) is 0.0500. The Kier molecular flexibility index (Phi) is 2.83. The molecule has 0 N–H and O–H groups in total. The topological polar surface area (TPSA) is 26.0 Å². The summed E-state index contributed by atoms with van der Waals surface area (Å²) >= 11 is 0. The van der Waals surface area contributed by atoms with E-state index in [9.17, 15) is 0 Å². The van der Waals surface area contributed by atoms with Gasteiger partial charge in [-0.15, -0.1) is 0 Å². The molecule has 0 unspecified atom stereocenters. The Hall–Kier alpha value is -2.87. The van der Waals surface area contributed by atoms with Crippen molar-refractivity contribution in [2.45, 2.75) is 6.92 Å². The highest BCUT2D eigenvalue weighted by Gasteiger charge is 2.15. The predicted molar refractivity (Wildman–Crippen MR) is 90.8 cm³/mol. The molecule has 0 aliphatic carbocycles. The van der Waals surface area contributed by atoms with Crippen molar-refractivity contribution in [2.24, 2.45) is 0 Å². The second-order valence-corrected chi connectivity index (χ2v) is 5.43. The maximum atomic E-state index is 6.06. The van der Waals surface area contributed by atoms with E-state index in [4.69, 9.17) is 4.42 Å². The zero-order valence-electron chi connectivity index (χ0n) is 12.3. The van der Waals surface area contributed by atoms with Crippen molar-refractivity contribution in [3.05, 3.63) is 84.2 Å². The highest BCUT2D eigenvalue weighted by Crippen LogP contribution is 2.34. The van der Waals surface area contributed by atoms with Gasteiger partial charge in [0.05, 0.1) is 0 Å². The maximum Gasteiger partial charge on any atom is 0.161 e. The van der Waals surface area contributed by atoms with Gasteiger partial charge in [-0.3, -0.25) is 0 Å². The highest BCUT2D eigenvalue weighted by atomic mass is 16.3. The Morgan fingerprint density at radius 1 is 0.955 bits per heavy atom. The van der Waals surface area contributed by atoms with Crippen molar-refractivity contribution < 1.29 is 4.42 Å². The first-order valence-electron chi connectivity index (χ1n) is 7.27. The molecule has 0 amide bonds. The zero-order valence-corrected chi connectivity index (χ0v) is 12.3. The summed E-state index contributed by atoms with van der Waals surface area (Å²) in [6.07, 6.45) is 0. The molecule has 0 aliphatic heterocycles. The van der Waals surface area contributed by atoms with E-state index in [1.807, 2.05) is 55.5 Å². The first kappa shape index (κ1) is 12.8. The fourth-order valence-electron chi connectivity index (χ4n) is 2.83. The van der Waals surface area contributed by atoms with Crippen LogP contribution in [-0.4, -0.2) is 4.98 Å². The summed E-state index contributed by atoms with van der Waals surface area (Å²) in [6.45, 7) is 6.24. The predicted octanol–water partition coefficient (Wildman–Crippen LogP) is 5.35. The van der Waals surface area contributed by atoms with Crippen molar-refractivity contribution >= 4 is 27.5 Å². The van der Waals surface area contributed by atoms with Gasteiger partial charge in [0.25, 0.3) is 0 Å². The smallest absolute Gasteiger partial charge is 0.161 e. The number of pyridine rings is 1. The molecule has 106 valence electrons. The lowest BCUT2D eigenvalue weighted by atomic mass is 10.0. The van der Waals surface area contributed by atoms with Crippen LogP contribution >= 0.6 is 0 Å². The number of hydrogen-bond acceptors (Lipinski definition) is 2. The van der Waals surface area contributed by atoms with Gasteiger partial charge in [0.15, 0.2) is 5.58 Å². The zero-order chi connectivity index (χ0) is 15.1. The average Bonchev–Trinajstić information content (AvgIpc) is 2.93. The normalized spacial score (nSPS) is 11.1. The summed E-state index contributed by atoms with van der Waals surface area (Å²) in [4.78, 5) is 4.68. The molecule has 0 fully saturated rings. The van der Waals surface area contributed by atoms with Crippen molar-refractivity contribution in [2.75, 3.05) is 0 Å². The molecule has 2 nitrogen and oxygen atoms in total. The molecule has 22 heavy (non-hydrogen) atoms. The van der Waals surface area contributed by atoms with E-state index >= 15 is 0 Å². The first-order valence-corrected chi connectivity index (χ1v) is 7.27. The quantitative estimate of drug-likeness (QED) is 0.496. The van der Waals surface area contributed by atoms with Gasteiger partial charge in [-0.25, -0.2) is 4.98 Å². The largest absolute Gasteiger partial charge is 0.454 e. The van der Waals surface area contributed by atoms with Crippen LogP contribution in [0.3, 0.4) is 0 Å². The molecule has 4 rings (SSSR count). The third-order valence-corrected chi connectivity index (χ3v) is 3.90. The number of benzene rings is 2. The summed E-state index contributed by atoms with van der Waals surface area (Å²) in [6, 6.07) is 20.2. The minimum atomic E-state index is 0.806. The molecule has 4 aromatic rings. The highest BCUT2D eigenvalue weighted by molar-refractivity contribution is 6.08. The molecule has 0 saturated heterocycles. The number of fused-ring (bicyclic) bond motifs is 3. The van der Waals surface area contributed by atoms with Crippen LogP contribution in [0.4, 0.5) is 0 Å². The number of para-hydroxylation sites is 1. The molecular weight excluding hydrogens is 270 g/mol. The second kappa shape index (κ2) is 4.85. The molecule has 0 radical (unpaired) electrons. The minimum absolute atomic E-state index is 0.806. The maximum absolute atomic E-state index is 6.06. The Labute approximate surface area is 128 Å². The molecule has 0 aliphatic rings. The number of nitrogens with zero attached hydrogens (tertiary/aromatic N) is 1. The van der Waals surface area contributed by atoms with E-state index in [-0.39, 0.29) is 0 Å². The van der Waals surface area contributed by atoms with Gasteiger partial charge in [-0.2, -0.15) is 0 Å².